The van der Waals surface area contributed by atoms with E-state index in [4.69, 9.17) is 9.84 Å². The van der Waals surface area contributed by atoms with Crippen LogP contribution in [0.25, 0.3) is 0 Å². The van der Waals surface area contributed by atoms with Gasteiger partial charge in [0.15, 0.2) is 0 Å². The molecular weight excluding hydrogens is 325 g/mol. The molecule has 0 aliphatic carbocycles. The molecule has 1 aromatic rings. The number of amides is 1. The maximum atomic E-state index is 11.6. The summed E-state index contributed by atoms with van der Waals surface area (Å²) in [7, 11) is 0. The van der Waals surface area contributed by atoms with E-state index in [1.54, 1.807) is 20.8 Å². The van der Waals surface area contributed by atoms with Crippen molar-refractivity contribution in [2.24, 2.45) is 0 Å². The Kier molecular flexibility index (Phi) is 6.04. The van der Waals surface area contributed by atoms with Crippen molar-refractivity contribution >= 4 is 31.5 Å². The summed E-state index contributed by atoms with van der Waals surface area (Å²) in [6, 6.07) is 8.71. The zero-order valence-electron chi connectivity index (χ0n) is 11.8. The molecule has 0 bridgehead atoms. The van der Waals surface area contributed by atoms with Crippen molar-refractivity contribution in [3.05, 3.63) is 30.3 Å². The number of benzene rings is 1. The first kappa shape index (κ1) is 16.5. The molecule has 0 aliphatic heterocycles. The Morgan fingerprint density at radius 3 is 2.40 bits per heavy atom. The summed E-state index contributed by atoms with van der Waals surface area (Å²) in [5.41, 5.74) is -0.641. The van der Waals surface area contributed by atoms with E-state index in [2.05, 4.69) is 5.32 Å². The van der Waals surface area contributed by atoms with Crippen molar-refractivity contribution in [1.29, 1.82) is 0 Å². The van der Waals surface area contributed by atoms with Gasteiger partial charge in [-0.15, -0.1) is 0 Å². The number of carboxylic acid groups (broad SMARTS) is 1. The third-order valence-corrected chi connectivity index (χ3v) is 4.47. The minimum absolute atomic E-state index is 0.0146. The Balaban J connectivity index is 2.53. The van der Waals surface area contributed by atoms with Crippen LogP contribution < -0.4 is 9.78 Å². The van der Waals surface area contributed by atoms with E-state index < -0.39 is 23.7 Å². The van der Waals surface area contributed by atoms with Gasteiger partial charge in [-0.2, -0.15) is 0 Å². The van der Waals surface area contributed by atoms with Gasteiger partial charge in [0, 0.05) is 0 Å². The van der Waals surface area contributed by atoms with E-state index in [1.807, 2.05) is 30.3 Å². The van der Waals surface area contributed by atoms with Crippen LogP contribution >= 0.6 is 0 Å². The number of aliphatic carboxylic acids is 1. The molecule has 1 aromatic carbocycles. The van der Waals surface area contributed by atoms with Gasteiger partial charge in [-0.25, -0.2) is 0 Å². The van der Waals surface area contributed by atoms with Gasteiger partial charge in [0.1, 0.15) is 0 Å². The third kappa shape index (κ3) is 6.59. The van der Waals surface area contributed by atoms with Crippen molar-refractivity contribution in [3.63, 3.8) is 0 Å². The monoisotopic (exact) mass is 345 g/mol. The molecule has 0 spiro atoms. The summed E-state index contributed by atoms with van der Waals surface area (Å²) in [5.74, 6) is -1.05. The van der Waals surface area contributed by atoms with E-state index >= 15 is 0 Å². The fraction of sp³-hybridized carbons (Fsp3) is 0.429. The van der Waals surface area contributed by atoms with Crippen molar-refractivity contribution in [1.82, 2.24) is 5.32 Å². The fourth-order valence-corrected chi connectivity index (χ4v) is 3.28. The van der Waals surface area contributed by atoms with Gasteiger partial charge in [-0.3, -0.25) is 0 Å². The molecule has 110 valence electrons. The van der Waals surface area contributed by atoms with E-state index in [0.717, 1.165) is 4.46 Å². The molecular formula is C14H19NO4Se. The second-order valence-corrected chi connectivity index (χ2v) is 7.46. The quantitative estimate of drug-likeness (QED) is 0.792. The fourth-order valence-electron chi connectivity index (χ4n) is 1.32. The van der Waals surface area contributed by atoms with Gasteiger partial charge >= 0.3 is 124 Å². The molecule has 0 radical (unpaired) electrons. The van der Waals surface area contributed by atoms with Crippen LogP contribution in [0.3, 0.4) is 0 Å². The van der Waals surface area contributed by atoms with Crippen LogP contribution in [0.4, 0.5) is 4.79 Å². The van der Waals surface area contributed by atoms with Gasteiger partial charge in [-0.05, 0) is 0 Å². The van der Waals surface area contributed by atoms with Crippen LogP contribution in [0, 0.1) is 0 Å². The van der Waals surface area contributed by atoms with Crippen molar-refractivity contribution < 1.29 is 19.4 Å². The van der Waals surface area contributed by atoms with Gasteiger partial charge < -0.3 is 0 Å². The van der Waals surface area contributed by atoms with Crippen LogP contribution in [0.2, 0.25) is 5.32 Å². The van der Waals surface area contributed by atoms with Gasteiger partial charge in [0.05, 0.1) is 0 Å². The topological polar surface area (TPSA) is 75.6 Å². The molecule has 0 unspecified atom stereocenters. The van der Waals surface area contributed by atoms with E-state index in [9.17, 15) is 9.59 Å². The molecule has 6 heteroatoms. The third-order valence-electron chi connectivity index (χ3n) is 2.15. The van der Waals surface area contributed by atoms with Gasteiger partial charge in [0.25, 0.3) is 0 Å². The summed E-state index contributed by atoms with van der Waals surface area (Å²) in [6.45, 7) is 5.20. The summed E-state index contributed by atoms with van der Waals surface area (Å²) < 4.78 is 6.16. The van der Waals surface area contributed by atoms with E-state index in [1.165, 1.54) is 0 Å². The predicted molar refractivity (Wildman–Crippen MR) is 77.4 cm³/mol. The molecule has 0 aromatic heterocycles. The molecule has 0 aliphatic rings. The minimum atomic E-state index is -1.05. The molecule has 0 heterocycles. The van der Waals surface area contributed by atoms with Crippen molar-refractivity contribution in [2.45, 2.75) is 37.7 Å². The molecule has 2 N–H and O–H groups in total. The van der Waals surface area contributed by atoms with Crippen LogP contribution in [0.1, 0.15) is 20.8 Å². The molecule has 1 rings (SSSR count). The summed E-state index contributed by atoms with van der Waals surface area (Å²) >= 11 is -0.0146. The maximum absolute atomic E-state index is 11.6. The van der Waals surface area contributed by atoms with Crippen LogP contribution in [0.15, 0.2) is 30.3 Å². The van der Waals surface area contributed by atoms with Crippen LogP contribution in [-0.2, 0) is 9.53 Å². The summed E-state index contributed by atoms with van der Waals surface area (Å²) in [6.07, 6.45) is -0.700. The van der Waals surface area contributed by atoms with Gasteiger partial charge in [-0.1, -0.05) is 0 Å². The standard InChI is InChI=1S/C14H19NO4Se/c1-14(2,3)19-13(18)15-11(12(16)17)9-20-10-7-5-4-6-8-10/h4-8,11H,9H2,1-3H3,(H,15,18)(H,16,17)/t11-/m1/s1. The number of carbonyl (C=O) groups is 2. The average Bonchev–Trinajstić information content (AvgIpc) is 2.33. The molecule has 0 fully saturated rings. The van der Waals surface area contributed by atoms with Crippen molar-refractivity contribution in [2.75, 3.05) is 0 Å². The molecule has 0 saturated carbocycles. The number of carboxylic acids is 1. The SMILES string of the molecule is CC(C)(C)OC(=O)N[C@H](C[Se]c1ccccc1)C(=O)O. The van der Waals surface area contributed by atoms with Gasteiger partial charge in [0.2, 0.25) is 0 Å². The average molecular weight is 344 g/mol. The predicted octanol–water partition coefficient (Wildman–Crippen LogP) is 1.41. The number of rotatable bonds is 5. The Morgan fingerprint density at radius 1 is 1.30 bits per heavy atom. The molecule has 5 nitrogen and oxygen atoms in total. The molecule has 20 heavy (non-hydrogen) atoms. The Labute approximate surface area is 124 Å². The number of carbonyl (C=O) groups excluding carboxylic acids is 1. The van der Waals surface area contributed by atoms with Crippen LogP contribution in [0.5, 0.6) is 0 Å². The molecule has 0 saturated heterocycles. The van der Waals surface area contributed by atoms with Crippen LogP contribution in [-0.4, -0.2) is 43.8 Å². The zero-order valence-corrected chi connectivity index (χ0v) is 13.5. The second-order valence-electron chi connectivity index (χ2n) is 5.16. The molecule has 1 amide bonds. The number of alkyl carbamates (subject to hydrolysis) is 1. The Hall–Kier alpha value is -1.52. The van der Waals surface area contributed by atoms with E-state index in [-0.39, 0.29) is 15.0 Å². The first-order valence-electron chi connectivity index (χ1n) is 6.18. The number of hydrogen-bond donors (Lipinski definition) is 2. The summed E-state index contributed by atoms with van der Waals surface area (Å²) in [5, 5.41) is 11.9. The first-order valence-corrected chi connectivity index (χ1v) is 8.25. The first-order chi connectivity index (χ1) is 9.28. The molecule has 1 atom stereocenters. The number of nitrogens with one attached hydrogen (secondary N) is 1. The van der Waals surface area contributed by atoms with E-state index in [0.29, 0.717) is 5.32 Å². The Bertz CT molecular complexity index is 456. The second kappa shape index (κ2) is 7.31. The zero-order chi connectivity index (χ0) is 15.2. The van der Waals surface area contributed by atoms with Crippen molar-refractivity contribution in [3.8, 4) is 0 Å². The summed E-state index contributed by atoms with van der Waals surface area (Å²) in [4.78, 5) is 22.8. The Morgan fingerprint density at radius 2 is 1.90 bits per heavy atom. The number of ether oxygens (including phenoxy) is 1. The normalized spacial score (nSPS) is 12.6. The number of hydrogen-bond acceptors (Lipinski definition) is 3.